The van der Waals surface area contributed by atoms with Crippen LogP contribution in [0.4, 0.5) is 0 Å². The fourth-order valence-corrected chi connectivity index (χ4v) is 3.37. The van der Waals surface area contributed by atoms with Crippen molar-refractivity contribution in [2.24, 2.45) is 0 Å². The first-order valence-electron chi connectivity index (χ1n) is 4.33. The molecule has 0 spiro atoms. The molecule has 86 valence electrons. The lowest BCUT2D eigenvalue weighted by atomic mass is 10.4. The predicted octanol–water partition coefficient (Wildman–Crippen LogP) is 0.866. The summed E-state index contributed by atoms with van der Waals surface area (Å²) in [4.78, 5) is 0. The van der Waals surface area contributed by atoms with E-state index in [-0.39, 0.29) is 0 Å². The van der Waals surface area contributed by atoms with Crippen LogP contribution >= 0.6 is 0 Å². The van der Waals surface area contributed by atoms with Gasteiger partial charge in [-0.05, 0) is 12.8 Å². The van der Waals surface area contributed by atoms with Gasteiger partial charge in [0.2, 0.25) is 0 Å². The van der Waals surface area contributed by atoms with Crippen LogP contribution in [0.3, 0.4) is 0 Å². The van der Waals surface area contributed by atoms with E-state index in [9.17, 15) is 4.21 Å². The minimum absolute atomic E-state index is 0.293. The van der Waals surface area contributed by atoms with Crippen LogP contribution in [0.1, 0.15) is 12.8 Å². The number of unbranched alkanes of at least 4 members (excludes halogenated alkanes) is 1. The SMILES string of the molecule is CO[Si](CCCCS(=O)O)(OC)OC. The Morgan fingerprint density at radius 1 is 1.14 bits per heavy atom. The van der Waals surface area contributed by atoms with Gasteiger partial charge in [0.1, 0.15) is 0 Å². The topological polar surface area (TPSA) is 65.0 Å². The minimum atomic E-state index is -2.47. The Kier molecular flexibility index (Phi) is 7.60. The highest BCUT2D eigenvalue weighted by Crippen LogP contribution is 2.16. The molecule has 0 aliphatic heterocycles. The molecule has 0 radical (unpaired) electrons. The van der Waals surface area contributed by atoms with Crippen molar-refractivity contribution in [2.75, 3.05) is 27.1 Å². The van der Waals surface area contributed by atoms with Gasteiger partial charge in [-0.15, -0.1) is 0 Å². The average molecular weight is 242 g/mol. The van der Waals surface area contributed by atoms with Crippen LogP contribution in [0.25, 0.3) is 0 Å². The van der Waals surface area contributed by atoms with Gasteiger partial charge in [-0.3, -0.25) is 0 Å². The molecule has 1 unspecified atom stereocenters. The lowest BCUT2D eigenvalue weighted by Gasteiger charge is -2.23. The van der Waals surface area contributed by atoms with Crippen LogP contribution in [-0.4, -0.2) is 44.6 Å². The first-order chi connectivity index (χ1) is 6.60. The van der Waals surface area contributed by atoms with Gasteiger partial charge in [-0.25, -0.2) is 4.21 Å². The lowest BCUT2D eigenvalue weighted by molar-refractivity contribution is 0.123. The van der Waals surface area contributed by atoms with Crippen molar-refractivity contribution in [3.63, 3.8) is 0 Å². The van der Waals surface area contributed by atoms with E-state index < -0.39 is 19.9 Å². The highest BCUT2D eigenvalue weighted by atomic mass is 32.2. The van der Waals surface area contributed by atoms with Crippen LogP contribution < -0.4 is 0 Å². The van der Waals surface area contributed by atoms with E-state index in [2.05, 4.69) is 0 Å². The molecule has 0 aromatic heterocycles. The van der Waals surface area contributed by atoms with E-state index in [1.54, 1.807) is 21.3 Å². The minimum Gasteiger partial charge on any atom is -0.377 e. The Bertz CT molecular complexity index is 165. The van der Waals surface area contributed by atoms with Gasteiger partial charge in [-0.2, -0.15) is 0 Å². The monoisotopic (exact) mass is 242 g/mol. The van der Waals surface area contributed by atoms with Crippen molar-refractivity contribution in [3.05, 3.63) is 0 Å². The molecular weight excluding hydrogens is 224 g/mol. The Morgan fingerprint density at radius 3 is 2.00 bits per heavy atom. The Hall–Kier alpha value is 0.207. The van der Waals surface area contributed by atoms with E-state index in [4.69, 9.17) is 17.8 Å². The summed E-state index contributed by atoms with van der Waals surface area (Å²) >= 11 is -1.71. The molecule has 0 aromatic carbocycles. The highest BCUT2D eigenvalue weighted by Gasteiger charge is 2.36. The van der Waals surface area contributed by atoms with Gasteiger partial charge >= 0.3 is 8.80 Å². The third-order valence-electron chi connectivity index (χ3n) is 1.98. The molecule has 0 bridgehead atoms. The average Bonchev–Trinajstić information content (AvgIpc) is 2.19. The van der Waals surface area contributed by atoms with Gasteiger partial charge in [0.25, 0.3) is 0 Å². The summed E-state index contributed by atoms with van der Waals surface area (Å²) in [5.41, 5.74) is 0. The molecule has 0 aliphatic carbocycles. The molecule has 1 N–H and O–H groups in total. The van der Waals surface area contributed by atoms with Crippen molar-refractivity contribution in [1.82, 2.24) is 0 Å². The van der Waals surface area contributed by atoms with E-state index in [0.717, 1.165) is 6.42 Å². The number of hydrogen-bond acceptors (Lipinski definition) is 4. The molecule has 0 saturated heterocycles. The molecule has 0 aliphatic rings. The van der Waals surface area contributed by atoms with Crippen molar-refractivity contribution >= 4 is 19.9 Å². The normalized spacial score (nSPS) is 14.3. The van der Waals surface area contributed by atoms with Gasteiger partial charge in [0, 0.05) is 33.1 Å². The van der Waals surface area contributed by atoms with Crippen LogP contribution in [0, 0.1) is 0 Å². The van der Waals surface area contributed by atoms with Crippen LogP contribution in [0.15, 0.2) is 0 Å². The van der Waals surface area contributed by atoms with E-state index >= 15 is 0 Å². The molecule has 0 amide bonds. The smallest absolute Gasteiger partial charge is 0.377 e. The molecule has 0 heterocycles. The van der Waals surface area contributed by atoms with Gasteiger partial charge in [0.15, 0.2) is 11.1 Å². The molecule has 0 aromatic rings. The summed E-state index contributed by atoms with van der Waals surface area (Å²) in [6.07, 6.45) is 1.45. The molecule has 0 rings (SSSR count). The Morgan fingerprint density at radius 2 is 1.64 bits per heavy atom. The van der Waals surface area contributed by atoms with E-state index in [0.29, 0.717) is 18.2 Å². The molecule has 1 atom stereocenters. The van der Waals surface area contributed by atoms with E-state index in [1.807, 2.05) is 0 Å². The zero-order valence-electron chi connectivity index (χ0n) is 8.82. The van der Waals surface area contributed by atoms with Crippen LogP contribution in [0.5, 0.6) is 0 Å². The third-order valence-corrected chi connectivity index (χ3v) is 5.45. The predicted molar refractivity (Wildman–Crippen MR) is 56.5 cm³/mol. The maximum Gasteiger partial charge on any atom is 0.500 e. The zero-order chi connectivity index (χ0) is 11.0. The first kappa shape index (κ1) is 14.2. The van der Waals surface area contributed by atoms with Gasteiger partial charge < -0.3 is 17.8 Å². The van der Waals surface area contributed by atoms with Crippen molar-refractivity contribution in [2.45, 2.75) is 18.9 Å². The Balaban J connectivity index is 3.77. The summed E-state index contributed by atoms with van der Waals surface area (Å²) in [5, 5.41) is 0. The molecule has 5 nitrogen and oxygen atoms in total. The molecule has 7 heteroatoms. The number of hydrogen-bond donors (Lipinski definition) is 1. The second-order valence-corrected chi connectivity index (χ2v) is 6.92. The third kappa shape index (κ3) is 5.18. The quantitative estimate of drug-likeness (QED) is 0.388. The fraction of sp³-hybridized carbons (Fsp3) is 1.00. The van der Waals surface area contributed by atoms with Crippen molar-refractivity contribution in [1.29, 1.82) is 0 Å². The molecular formula is C7H18O5SSi. The molecule has 0 fully saturated rings. The molecule has 0 saturated carbocycles. The van der Waals surface area contributed by atoms with Crippen LogP contribution in [0.2, 0.25) is 6.04 Å². The van der Waals surface area contributed by atoms with Crippen molar-refractivity contribution in [3.8, 4) is 0 Å². The Labute approximate surface area is 88.4 Å². The second kappa shape index (κ2) is 7.49. The first-order valence-corrected chi connectivity index (χ1v) is 7.54. The van der Waals surface area contributed by atoms with Crippen LogP contribution in [-0.2, 0) is 24.4 Å². The van der Waals surface area contributed by atoms with Crippen molar-refractivity contribution < 1.29 is 22.0 Å². The summed E-state index contributed by atoms with van der Waals surface area (Å²) < 4.78 is 34.5. The molecule has 14 heavy (non-hydrogen) atoms. The maximum absolute atomic E-state index is 10.4. The second-order valence-electron chi connectivity index (χ2n) is 2.78. The zero-order valence-corrected chi connectivity index (χ0v) is 10.6. The van der Waals surface area contributed by atoms with E-state index in [1.165, 1.54) is 0 Å². The summed E-state index contributed by atoms with van der Waals surface area (Å²) in [6, 6.07) is 0.674. The van der Waals surface area contributed by atoms with Gasteiger partial charge in [0.05, 0.1) is 0 Å². The standard InChI is InChI=1S/C7H18O5SSi/c1-10-14(11-2,12-3)7-5-4-6-13(8)9/h4-7H2,1-3H3,(H,8,9). The number of rotatable bonds is 8. The highest BCUT2D eigenvalue weighted by molar-refractivity contribution is 7.79. The lowest BCUT2D eigenvalue weighted by Crippen LogP contribution is -2.42. The maximum atomic E-state index is 10.4. The summed E-state index contributed by atoms with van der Waals surface area (Å²) in [5.74, 6) is 0.293. The van der Waals surface area contributed by atoms with Gasteiger partial charge in [-0.1, -0.05) is 0 Å². The fourth-order valence-electron chi connectivity index (χ4n) is 1.12. The summed E-state index contributed by atoms with van der Waals surface area (Å²) in [7, 11) is 2.21. The summed E-state index contributed by atoms with van der Waals surface area (Å²) in [6.45, 7) is 0. The largest absolute Gasteiger partial charge is 0.500 e.